The Bertz CT molecular complexity index is 360. The summed E-state index contributed by atoms with van der Waals surface area (Å²) < 4.78 is 0. The fourth-order valence-corrected chi connectivity index (χ4v) is 3.08. The summed E-state index contributed by atoms with van der Waals surface area (Å²) >= 11 is 0. The Balaban J connectivity index is 1.62. The Morgan fingerprint density at radius 3 is 2.65 bits per heavy atom. The molecule has 1 unspecified atom stereocenters. The number of hydrogen-bond donors (Lipinski definition) is 1. The molecule has 0 bridgehead atoms. The number of carbonyl (C=O) groups excluding carboxylic acids is 2. The van der Waals surface area contributed by atoms with Crippen molar-refractivity contribution in [3.05, 3.63) is 0 Å². The van der Waals surface area contributed by atoms with Crippen molar-refractivity contribution >= 4 is 11.8 Å². The third kappa shape index (κ3) is 1.83. The maximum absolute atomic E-state index is 12.4. The minimum Gasteiger partial charge on any atom is -0.354 e. The van der Waals surface area contributed by atoms with Crippen LogP contribution in [0.25, 0.3) is 0 Å². The Morgan fingerprint density at radius 1 is 1.35 bits per heavy atom. The monoisotopic (exact) mass is 236 g/mol. The Hall–Kier alpha value is -1.06. The van der Waals surface area contributed by atoms with Crippen molar-refractivity contribution in [3.8, 4) is 0 Å². The van der Waals surface area contributed by atoms with Gasteiger partial charge in [-0.15, -0.1) is 0 Å². The molecule has 1 atom stereocenters. The van der Waals surface area contributed by atoms with Gasteiger partial charge in [0.05, 0.1) is 5.41 Å². The van der Waals surface area contributed by atoms with E-state index in [1.165, 1.54) is 13.3 Å². The largest absolute Gasteiger partial charge is 0.354 e. The first-order chi connectivity index (χ1) is 8.13. The third-order valence-electron chi connectivity index (χ3n) is 4.58. The molecular formula is C13H20N2O2. The summed E-state index contributed by atoms with van der Waals surface area (Å²) in [5.74, 6) is 1.08. The number of rotatable bonds is 3. The van der Waals surface area contributed by atoms with E-state index in [1.54, 1.807) is 0 Å². The predicted molar refractivity (Wildman–Crippen MR) is 63.2 cm³/mol. The maximum atomic E-state index is 12.4. The fourth-order valence-electron chi connectivity index (χ4n) is 3.08. The summed E-state index contributed by atoms with van der Waals surface area (Å²) in [6.45, 7) is 3.05. The molecule has 1 aliphatic heterocycles. The van der Waals surface area contributed by atoms with E-state index in [1.807, 2.05) is 4.90 Å². The molecule has 3 fully saturated rings. The van der Waals surface area contributed by atoms with Gasteiger partial charge in [0.2, 0.25) is 11.8 Å². The van der Waals surface area contributed by atoms with Gasteiger partial charge in [0, 0.05) is 26.1 Å². The number of nitrogens with one attached hydrogen (secondary N) is 1. The van der Waals surface area contributed by atoms with Crippen molar-refractivity contribution in [2.45, 2.75) is 45.1 Å². The molecule has 0 spiro atoms. The lowest BCUT2D eigenvalue weighted by Gasteiger charge is -2.36. The lowest BCUT2D eigenvalue weighted by molar-refractivity contribution is -0.138. The zero-order chi connectivity index (χ0) is 12.0. The SMILES string of the molecule is CC(=O)NCC1CCCCN1C(=O)C12CC1C2. The highest BCUT2D eigenvalue weighted by Crippen LogP contribution is 2.76. The van der Waals surface area contributed by atoms with Crippen LogP contribution in [-0.2, 0) is 9.59 Å². The zero-order valence-corrected chi connectivity index (χ0v) is 10.4. The van der Waals surface area contributed by atoms with Gasteiger partial charge in [-0.3, -0.25) is 9.59 Å². The Labute approximate surface area is 102 Å². The van der Waals surface area contributed by atoms with Crippen molar-refractivity contribution in [3.63, 3.8) is 0 Å². The minimum absolute atomic E-state index is 0.00291. The van der Waals surface area contributed by atoms with Gasteiger partial charge in [-0.05, 0) is 38.0 Å². The molecule has 1 heterocycles. The molecule has 2 aliphatic carbocycles. The summed E-state index contributed by atoms with van der Waals surface area (Å²) in [5.41, 5.74) is 0.0752. The standard InChI is InChI=1S/C13H20N2O2/c1-9(16)14-8-11-4-2-3-5-15(11)12(17)13-6-10(13)7-13/h10-11H,2-8H2,1H3,(H,14,16). The third-order valence-corrected chi connectivity index (χ3v) is 4.58. The van der Waals surface area contributed by atoms with Crippen LogP contribution in [0.3, 0.4) is 0 Å². The maximum Gasteiger partial charge on any atom is 0.229 e. The quantitative estimate of drug-likeness (QED) is 0.792. The first-order valence-corrected chi connectivity index (χ1v) is 6.69. The molecule has 3 rings (SSSR count). The fraction of sp³-hybridized carbons (Fsp3) is 0.846. The minimum atomic E-state index is -0.00291. The Kier molecular flexibility index (Phi) is 2.42. The predicted octanol–water partition coefficient (Wildman–Crippen LogP) is 0.914. The van der Waals surface area contributed by atoms with E-state index >= 15 is 0 Å². The average molecular weight is 236 g/mol. The van der Waals surface area contributed by atoms with Gasteiger partial charge in [-0.2, -0.15) is 0 Å². The van der Waals surface area contributed by atoms with Crippen LogP contribution in [-0.4, -0.2) is 35.8 Å². The first-order valence-electron chi connectivity index (χ1n) is 6.69. The average Bonchev–Trinajstić information content (AvgIpc) is 3.14. The molecule has 1 N–H and O–H groups in total. The van der Waals surface area contributed by atoms with Crippen molar-refractivity contribution in [2.75, 3.05) is 13.1 Å². The van der Waals surface area contributed by atoms with Gasteiger partial charge in [0.25, 0.3) is 0 Å². The van der Waals surface area contributed by atoms with E-state index in [9.17, 15) is 9.59 Å². The second kappa shape index (κ2) is 3.72. The number of fused-ring (bicyclic) bond motifs is 1. The molecule has 3 aliphatic rings. The molecule has 0 radical (unpaired) electrons. The van der Waals surface area contributed by atoms with Crippen LogP contribution < -0.4 is 5.32 Å². The number of nitrogens with zero attached hydrogens (tertiary/aromatic N) is 1. The van der Waals surface area contributed by atoms with Gasteiger partial charge in [0.15, 0.2) is 0 Å². The van der Waals surface area contributed by atoms with Crippen molar-refractivity contribution in [1.29, 1.82) is 0 Å². The van der Waals surface area contributed by atoms with Gasteiger partial charge >= 0.3 is 0 Å². The number of likely N-dealkylation sites (tertiary alicyclic amines) is 1. The van der Waals surface area contributed by atoms with Gasteiger partial charge in [0.1, 0.15) is 0 Å². The lowest BCUT2D eigenvalue weighted by Crippen LogP contribution is -2.50. The molecule has 4 heteroatoms. The van der Waals surface area contributed by atoms with Gasteiger partial charge in [-0.1, -0.05) is 0 Å². The van der Waals surface area contributed by atoms with Crippen LogP contribution in [0.4, 0.5) is 0 Å². The summed E-state index contributed by atoms with van der Waals surface area (Å²) in [7, 11) is 0. The normalized spacial score (nSPS) is 38.3. The van der Waals surface area contributed by atoms with Crippen molar-refractivity contribution < 1.29 is 9.59 Å². The molecule has 94 valence electrons. The number of carbonyl (C=O) groups is 2. The topological polar surface area (TPSA) is 49.4 Å². The van der Waals surface area contributed by atoms with Crippen LogP contribution in [0.15, 0.2) is 0 Å². The summed E-state index contributed by atoms with van der Waals surface area (Å²) in [6, 6.07) is 0.233. The first kappa shape index (κ1) is 11.1. The van der Waals surface area contributed by atoms with Crippen LogP contribution in [0.2, 0.25) is 0 Å². The summed E-state index contributed by atoms with van der Waals surface area (Å²) in [6.07, 6.45) is 5.56. The van der Waals surface area contributed by atoms with E-state index in [0.29, 0.717) is 18.4 Å². The van der Waals surface area contributed by atoms with Crippen molar-refractivity contribution in [2.24, 2.45) is 11.3 Å². The van der Waals surface area contributed by atoms with E-state index in [4.69, 9.17) is 0 Å². The van der Waals surface area contributed by atoms with E-state index in [2.05, 4.69) is 5.32 Å². The number of piperidine rings is 1. The van der Waals surface area contributed by atoms with Gasteiger partial charge in [-0.25, -0.2) is 0 Å². The second-order valence-electron chi connectivity index (χ2n) is 5.85. The highest BCUT2D eigenvalue weighted by molar-refractivity contribution is 5.90. The smallest absolute Gasteiger partial charge is 0.229 e. The number of hydrogen-bond acceptors (Lipinski definition) is 2. The molecule has 1 saturated heterocycles. The van der Waals surface area contributed by atoms with Crippen LogP contribution in [0.1, 0.15) is 39.0 Å². The number of amides is 2. The molecule has 17 heavy (non-hydrogen) atoms. The molecule has 2 amide bonds. The van der Waals surface area contributed by atoms with Crippen LogP contribution in [0.5, 0.6) is 0 Å². The van der Waals surface area contributed by atoms with E-state index < -0.39 is 0 Å². The summed E-state index contributed by atoms with van der Waals surface area (Å²) in [4.78, 5) is 25.4. The lowest BCUT2D eigenvalue weighted by atomic mass is 10.00. The van der Waals surface area contributed by atoms with E-state index in [-0.39, 0.29) is 17.4 Å². The molecule has 0 aromatic rings. The zero-order valence-electron chi connectivity index (χ0n) is 10.4. The second-order valence-corrected chi connectivity index (χ2v) is 5.85. The highest BCUT2D eigenvalue weighted by Gasteiger charge is 2.75. The highest BCUT2D eigenvalue weighted by atomic mass is 16.2. The summed E-state index contributed by atoms with van der Waals surface area (Å²) in [5, 5.41) is 2.85. The molecule has 0 aromatic carbocycles. The molecular weight excluding hydrogens is 216 g/mol. The molecule has 0 aromatic heterocycles. The molecule has 4 nitrogen and oxygen atoms in total. The van der Waals surface area contributed by atoms with E-state index in [0.717, 1.165) is 32.2 Å². The molecule has 2 saturated carbocycles. The van der Waals surface area contributed by atoms with Crippen LogP contribution in [0, 0.1) is 11.3 Å². The van der Waals surface area contributed by atoms with Gasteiger partial charge < -0.3 is 10.2 Å². The van der Waals surface area contributed by atoms with Crippen LogP contribution >= 0.6 is 0 Å². The van der Waals surface area contributed by atoms with Crippen molar-refractivity contribution in [1.82, 2.24) is 10.2 Å². The Morgan fingerprint density at radius 2 is 2.06 bits per heavy atom.